The predicted molar refractivity (Wildman–Crippen MR) is 103 cm³/mol. The van der Waals surface area contributed by atoms with Gasteiger partial charge in [-0.1, -0.05) is 6.08 Å². The molecule has 8 heteroatoms. The van der Waals surface area contributed by atoms with Crippen LogP contribution in [0.1, 0.15) is 37.9 Å². The molecule has 1 aliphatic heterocycles. The Bertz CT molecular complexity index is 992. The van der Waals surface area contributed by atoms with E-state index >= 15 is 0 Å². The molecule has 0 radical (unpaired) electrons. The largest absolute Gasteiger partial charge is 0.483 e. The molecule has 0 unspecified atom stereocenters. The summed E-state index contributed by atoms with van der Waals surface area (Å²) in [4.78, 5) is 22.4. The number of carbonyl (C=O) groups is 1. The summed E-state index contributed by atoms with van der Waals surface area (Å²) in [6.07, 6.45) is 3.13. The maximum atomic E-state index is 13.9. The van der Waals surface area contributed by atoms with Gasteiger partial charge in [0, 0.05) is 12.7 Å². The standard InChI is InChI=1S/C21H21FN4O3/c1-21(2,3)29-20(27)26-9-7-15(12-26)17-6-8-24-19(25-17)13-28-18-5-4-14(11-23)10-16(18)22/h4-8,10H,9,12-13H2,1-3H3. The minimum Gasteiger partial charge on any atom is -0.483 e. The molecule has 3 rings (SSSR count). The van der Waals surface area contributed by atoms with Crippen LogP contribution in [0.3, 0.4) is 0 Å². The Kier molecular flexibility index (Phi) is 5.78. The van der Waals surface area contributed by atoms with Gasteiger partial charge in [0.2, 0.25) is 0 Å². The van der Waals surface area contributed by atoms with Crippen LogP contribution in [0.4, 0.5) is 9.18 Å². The fourth-order valence-corrected chi connectivity index (χ4v) is 2.68. The van der Waals surface area contributed by atoms with Crippen molar-refractivity contribution < 1.29 is 18.7 Å². The monoisotopic (exact) mass is 396 g/mol. The van der Waals surface area contributed by atoms with Crippen LogP contribution in [0, 0.1) is 17.1 Å². The van der Waals surface area contributed by atoms with Gasteiger partial charge in [-0.2, -0.15) is 5.26 Å². The fraction of sp³-hybridized carbons (Fsp3) is 0.333. The molecule has 0 atom stereocenters. The number of amides is 1. The molecule has 7 nitrogen and oxygen atoms in total. The molecule has 1 amide bonds. The van der Waals surface area contributed by atoms with E-state index in [9.17, 15) is 9.18 Å². The normalized spacial score (nSPS) is 13.6. The lowest BCUT2D eigenvalue weighted by Gasteiger charge is -2.24. The van der Waals surface area contributed by atoms with Crippen molar-refractivity contribution in [3.8, 4) is 11.8 Å². The Morgan fingerprint density at radius 1 is 1.34 bits per heavy atom. The highest BCUT2D eigenvalue weighted by molar-refractivity contribution is 5.76. The van der Waals surface area contributed by atoms with Crippen molar-refractivity contribution in [1.29, 1.82) is 5.26 Å². The molecule has 1 aliphatic rings. The van der Waals surface area contributed by atoms with Crippen molar-refractivity contribution in [2.24, 2.45) is 0 Å². The smallest absolute Gasteiger partial charge is 0.410 e. The minimum absolute atomic E-state index is 0.0224. The summed E-state index contributed by atoms with van der Waals surface area (Å²) in [7, 11) is 0. The van der Waals surface area contributed by atoms with E-state index in [1.807, 2.05) is 32.9 Å². The summed E-state index contributed by atoms with van der Waals surface area (Å²) in [6, 6.07) is 7.60. The Balaban J connectivity index is 1.63. The number of benzene rings is 1. The average molecular weight is 396 g/mol. The molecule has 2 aromatic rings. The molecule has 0 N–H and O–H groups in total. The number of nitriles is 1. The molecule has 0 aliphatic carbocycles. The highest BCUT2D eigenvalue weighted by atomic mass is 19.1. The molecule has 0 saturated heterocycles. The number of hydrogen-bond acceptors (Lipinski definition) is 6. The van der Waals surface area contributed by atoms with Crippen molar-refractivity contribution in [3.63, 3.8) is 0 Å². The maximum Gasteiger partial charge on any atom is 0.410 e. The van der Waals surface area contributed by atoms with Gasteiger partial charge in [-0.25, -0.2) is 19.2 Å². The Morgan fingerprint density at radius 2 is 2.14 bits per heavy atom. The van der Waals surface area contributed by atoms with Gasteiger partial charge >= 0.3 is 6.09 Å². The topological polar surface area (TPSA) is 88.3 Å². The number of carbonyl (C=O) groups excluding carboxylic acids is 1. The third-order valence-corrected chi connectivity index (χ3v) is 4.02. The van der Waals surface area contributed by atoms with Crippen LogP contribution < -0.4 is 4.74 Å². The third-order valence-electron chi connectivity index (χ3n) is 4.02. The predicted octanol–water partition coefficient (Wildman–Crippen LogP) is 3.70. The molecule has 1 aromatic heterocycles. The van der Waals surface area contributed by atoms with E-state index in [-0.39, 0.29) is 24.0 Å². The summed E-state index contributed by atoms with van der Waals surface area (Å²) < 4.78 is 24.8. The first kappa shape index (κ1) is 20.3. The molecular weight excluding hydrogens is 375 g/mol. The zero-order valence-corrected chi connectivity index (χ0v) is 16.5. The maximum absolute atomic E-state index is 13.9. The van der Waals surface area contributed by atoms with Crippen LogP contribution in [0.2, 0.25) is 0 Å². The van der Waals surface area contributed by atoms with Crippen molar-refractivity contribution in [2.45, 2.75) is 33.0 Å². The minimum atomic E-state index is -0.619. The van der Waals surface area contributed by atoms with Gasteiger partial charge in [0.15, 0.2) is 17.4 Å². The summed E-state index contributed by atoms with van der Waals surface area (Å²) in [5.41, 5.74) is 1.21. The first-order chi connectivity index (χ1) is 13.7. The SMILES string of the molecule is CC(C)(C)OC(=O)N1CC=C(c2ccnc(COc3ccc(C#N)cc3F)n2)C1. The van der Waals surface area contributed by atoms with Gasteiger partial charge in [-0.15, -0.1) is 0 Å². The number of aromatic nitrogens is 2. The Morgan fingerprint density at radius 3 is 2.83 bits per heavy atom. The summed E-state index contributed by atoms with van der Waals surface area (Å²) in [5, 5.41) is 8.79. The van der Waals surface area contributed by atoms with Crippen LogP contribution >= 0.6 is 0 Å². The Hall–Kier alpha value is -3.47. The van der Waals surface area contributed by atoms with Crippen LogP contribution in [0.5, 0.6) is 5.75 Å². The molecule has 0 spiro atoms. The lowest BCUT2D eigenvalue weighted by Crippen LogP contribution is -2.35. The van der Waals surface area contributed by atoms with Gasteiger partial charge in [-0.3, -0.25) is 0 Å². The summed E-state index contributed by atoms with van der Waals surface area (Å²) in [6.45, 7) is 6.26. The van der Waals surface area contributed by atoms with E-state index in [4.69, 9.17) is 14.7 Å². The van der Waals surface area contributed by atoms with E-state index < -0.39 is 11.4 Å². The summed E-state index contributed by atoms with van der Waals surface area (Å²) >= 11 is 0. The van der Waals surface area contributed by atoms with Gasteiger partial charge < -0.3 is 14.4 Å². The molecule has 0 bridgehead atoms. The number of halogens is 1. The van der Waals surface area contributed by atoms with Crippen LogP contribution in [0.25, 0.3) is 5.57 Å². The van der Waals surface area contributed by atoms with Crippen LogP contribution in [-0.2, 0) is 11.3 Å². The molecule has 1 aromatic carbocycles. The second-order valence-corrected chi connectivity index (χ2v) is 7.49. The Labute approximate surface area is 168 Å². The van der Waals surface area contributed by atoms with Crippen molar-refractivity contribution >= 4 is 11.7 Å². The second kappa shape index (κ2) is 8.27. The van der Waals surface area contributed by atoms with Crippen LogP contribution in [0.15, 0.2) is 36.5 Å². The lowest BCUT2D eigenvalue weighted by molar-refractivity contribution is 0.0306. The first-order valence-corrected chi connectivity index (χ1v) is 9.07. The molecular formula is C21H21FN4O3. The number of rotatable bonds is 4. The fourth-order valence-electron chi connectivity index (χ4n) is 2.68. The number of nitrogens with zero attached hydrogens (tertiary/aromatic N) is 4. The highest BCUT2D eigenvalue weighted by Gasteiger charge is 2.26. The quantitative estimate of drug-likeness (QED) is 0.783. The zero-order valence-electron chi connectivity index (χ0n) is 16.5. The second-order valence-electron chi connectivity index (χ2n) is 7.49. The van der Waals surface area contributed by atoms with Gasteiger partial charge in [0.1, 0.15) is 12.2 Å². The average Bonchev–Trinajstić information content (AvgIpc) is 3.16. The zero-order chi connectivity index (χ0) is 21.0. The van der Waals surface area contributed by atoms with Gasteiger partial charge in [0.25, 0.3) is 0 Å². The van der Waals surface area contributed by atoms with E-state index in [0.717, 1.165) is 11.6 Å². The van der Waals surface area contributed by atoms with Gasteiger partial charge in [-0.05, 0) is 50.6 Å². The van der Waals surface area contributed by atoms with E-state index in [1.54, 1.807) is 17.2 Å². The van der Waals surface area contributed by atoms with Gasteiger partial charge in [0.05, 0.1) is 23.9 Å². The van der Waals surface area contributed by atoms with E-state index in [0.29, 0.717) is 24.6 Å². The molecule has 29 heavy (non-hydrogen) atoms. The van der Waals surface area contributed by atoms with E-state index in [1.165, 1.54) is 12.1 Å². The first-order valence-electron chi connectivity index (χ1n) is 9.07. The highest BCUT2D eigenvalue weighted by Crippen LogP contribution is 2.22. The van der Waals surface area contributed by atoms with E-state index in [2.05, 4.69) is 9.97 Å². The van der Waals surface area contributed by atoms with Crippen molar-refractivity contribution in [1.82, 2.24) is 14.9 Å². The van der Waals surface area contributed by atoms with Crippen molar-refractivity contribution in [2.75, 3.05) is 13.1 Å². The molecule has 0 fully saturated rings. The third kappa shape index (κ3) is 5.29. The molecule has 2 heterocycles. The number of hydrogen-bond donors (Lipinski definition) is 0. The molecule has 150 valence electrons. The van der Waals surface area contributed by atoms with Crippen molar-refractivity contribution in [3.05, 3.63) is 59.4 Å². The number of ether oxygens (including phenoxy) is 2. The van der Waals surface area contributed by atoms with Crippen LogP contribution in [-0.4, -0.2) is 39.7 Å². The lowest BCUT2D eigenvalue weighted by atomic mass is 10.2. The molecule has 0 saturated carbocycles. The summed E-state index contributed by atoms with van der Waals surface area (Å²) in [5.74, 6) is -0.219.